The monoisotopic (exact) mass is 243 g/mol. The van der Waals surface area contributed by atoms with E-state index in [-0.39, 0.29) is 0 Å². The minimum Gasteiger partial charge on any atom is -0.294 e. The highest BCUT2D eigenvalue weighted by Crippen LogP contribution is 2.27. The molecule has 0 aliphatic heterocycles. The van der Waals surface area contributed by atoms with E-state index in [1.807, 2.05) is 0 Å². The number of rotatable bonds is 0. The number of hydrogen-bond donors (Lipinski definition) is 0. The fourth-order valence-electron chi connectivity index (χ4n) is 3.26. The lowest BCUT2D eigenvalue weighted by molar-refractivity contribution is 0.0970. The molecule has 1 aromatic heterocycles. The van der Waals surface area contributed by atoms with Crippen molar-refractivity contribution < 1.29 is 4.79 Å². The van der Waals surface area contributed by atoms with Gasteiger partial charge in [0.15, 0.2) is 5.78 Å². The van der Waals surface area contributed by atoms with E-state index in [1.165, 1.54) is 43.4 Å². The summed E-state index contributed by atoms with van der Waals surface area (Å²) >= 11 is 0. The van der Waals surface area contributed by atoms with Crippen molar-refractivity contribution in [2.75, 3.05) is 0 Å². The van der Waals surface area contributed by atoms with Crippen molar-refractivity contribution in [3.05, 3.63) is 28.6 Å². The third kappa shape index (κ3) is 2.33. The van der Waals surface area contributed by atoms with Gasteiger partial charge in [0.05, 0.1) is 5.69 Å². The van der Waals surface area contributed by atoms with Gasteiger partial charge in [-0.1, -0.05) is 19.3 Å². The second kappa shape index (κ2) is 5.21. The lowest BCUT2D eigenvalue weighted by Crippen LogP contribution is -2.17. The molecule has 1 heterocycles. The van der Waals surface area contributed by atoms with Gasteiger partial charge in [0, 0.05) is 17.7 Å². The molecule has 1 aromatic rings. The van der Waals surface area contributed by atoms with Crippen LogP contribution in [-0.4, -0.2) is 10.8 Å². The Balaban J connectivity index is 2.02. The molecule has 0 radical (unpaired) electrons. The summed E-state index contributed by atoms with van der Waals surface area (Å²) in [5.41, 5.74) is 4.60. The summed E-state index contributed by atoms with van der Waals surface area (Å²) in [5.74, 6) is 0.336. The Kier molecular flexibility index (Phi) is 3.44. The minimum atomic E-state index is 0.336. The van der Waals surface area contributed by atoms with Gasteiger partial charge in [0.2, 0.25) is 0 Å². The van der Waals surface area contributed by atoms with E-state index in [0.29, 0.717) is 5.78 Å². The Morgan fingerprint density at radius 1 is 0.833 bits per heavy atom. The average Bonchev–Trinajstić information content (AvgIpc) is 2.37. The minimum absolute atomic E-state index is 0.336. The zero-order chi connectivity index (χ0) is 12.4. The Labute approximate surface area is 109 Å². The molecular formula is C16H21NO. The molecule has 0 amide bonds. The van der Waals surface area contributed by atoms with Crippen LogP contribution < -0.4 is 0 Å². The molecule has 18 heavy (non-hydrogen) atoms. The van der Waals surface area contributed by atoms with E-state index in [0.717, 1.165) is 43.4 Å². The maximum absolute atomic E-state index is 12.1. The van der Waals surface area contributed by atoms with Gasteiger partial charge in [-0.2, -0.15) is 0 Å². The summed E-state index contributed by atoms with van der Waals surface area (Å²) < 4.78 is 0. The van der Waals surface area contributed by atoms with Gasteiger partial charge in [-0.25, -0.2) is 0 Å². The molecule has 0 atom stereocenters. The summed E-state index contributed by atoms with van der Waals surface area (Å²) in [6, 6.07) is 2.22. The van der Waals surface area contributed by atoms with E-state index in [9.17, 15) is 4.79 Å². The fraction of sp³-hybridized carbons (Fsp3) is 0.625. The topological polar surface area (TPSA) is 30.0 Å². The third-order valence-electron chi connectivity index (χ3n) is 4.20. The molecule has 0 saturated carbocycles. The molecule has 0 spiro atoms. The summed E-state index contributed by atoms with van der Waals surface area (Å²) in [6.07, 6.45) is 11.3. The van der Waals surface area contributed by atoms with Crippen molar-refractivity contribution in [2.24, 2.45) is 0 Å². The number of carbonyl (C=O) groups excluding carboxylic acids is 1. The van der Waals surface area contributed by atoms with Crippen LogP contribution in [0.1, 0.15) is 72.3 Å². The van der Waals surface area contributed by atoms with Crippen molar-refractivity contribution in [3.8, 4) is 0 Å². The highest BCUT2D eigenvalue weighted by atomic mass is 16.1. The van der Waals surface area contributed by atoms with Crippen LogP contribution in [0.3, 0.4) is 0 Å². The van der Waals surface area contributed by atoms with Gasteiger partial charge < -0.3 is 0 Å². The number of carbonyl (C=O) groups is 1. The van der Waals surface area contributed by atoms with E-state index < -0.39 is 0 Å². The van der Waals surface area contributed by atoms with Crippen molar-refractivity contribution in [3.63, 3.8) is 0 Å². The van der Waals surface area contributed by atoms with Gasteiger partial charge >= 0.3 is 0 Å². The average molecular weight is 243 g/mol. The van der Waals surface area contributed by atoms with Crippen LogP contribution >= 0.6 is 0 Å². The molecule has 0 saturated heterocycles. The Bertz CT molecular complexity index is 464. The number of hydrogen-bond acceptors (Lipinski definition) is 2. The first kappa shape index (κ1) is 11.9. The molecule has 96 valence electrons. The Morgan fingerprint density at radius 3 is 2.50 bits per heavy atom. The largest absolute Gasteiger partial charge is 0.294 e. The van der Waals surface area contributed by atoms with Gasteiger partial charge in [-0.15, -0.1) is 0 Å². The van der Waals surface area contributed by atoms with E-state index >= 15 is 0 Å². The second-order valence-corrected chi connectivity index (χ2v) is 5.64. The van der Waals surface area contributed by atoms with Crippen molar-refractivity contribution >= 4 is 5.78 Å². The lowest BCUT2D eigenvalue weighted by atomic mass is 9.87. The fourth-order valence-corrected chi connectivity index (χ4v) is 3.26. The second-order valence-electron chi connectivity index (χ2n) is 5.64. The number of pyridine rings is 1. The maximum Gasteiger partial charge on any atom is 0.164 e. The standard InChI is InChI=1S/C16H21NO/c18-15-10-6-9-14-16(15)12-7-4-2-1-3-5-8-13(11-12)17-14/h11H,1-10H2. The van der Waals surface area contributed by atoms with Crippen molar-refractivity contribution in [1.82, 2.24) is 4.98 Å². The zero-order valence-electron chi connectivity index (χ0n) is 11.0. The smallest absolute Gasteiger partial charge is 0.164 e. The van der Waals surface area contributed by atoms with E-state index in [2.05, 4.69) is 6.07 Å². The van der Waals surface area contributed by atoms with E-state index in [4.69, 9.17) is 4.98 Å². The molecule has 0 N–H and O–H groups in total. The molecule has 2 aliphatic carbocycles. The summed E-state index contributed by atoms with van der Waals surface area (Å²) in [6.45, 7) is 0. The predicted molar refractivity (Wildman–Crippen MR) is 72.0 cm³/mol. The van der Waals surface area contributed by atoms with Crippen molar-refractivity contribution in [1.29, 1.82) is 0 Å². The van der Waals surface area contributed by atoms with Gasteiger partial charge in [-0.05, 0) is 50.2 Å². The quantitative estimate of drug-likeness (QED) is 0.696. The Hall–Kier alpha value is -1.18. The highest BCUT2D eigenvalue weighted by molar-refractivity contribution is 5.99. The molecule has 2 nitrogen and oxygen atoms in total. The van der Waals surface area contributed by atoms with Crippen LogP contribution in [0.15, 0.2) is 6.07 Å². The molecule has 2 heteroatoms. The molecule has 0 unspecified atom stereocenters. The SMILES string of the molecule is O=C1CCCc2nc3cc(c21)CCCCCCC3. The number of Topliss-reactive ketones (excluding diaryl/α,β-unsaturated/α-hetero) is 1. The molecule has 3 rings (SSSR count). The summed E-state index contributed by atoms with van der Waals surface area (Å²) in [5, 5.41) is 0. The van der Waals surface area contributed by atoms with Gasteiger partial charge in [-0.3, -0.25) is 9.78 Å². The predicted octanol–water partition coefficient (Wildman–Crippen LogP) is 3.65. The maximum atomic E-state index is 12.1. The number of aromatic nitrogens is 1. The van der Waals surface area contributed by atoms with Crippen LogP contribution in [0.25, 0.3) is 0 Å². The van der Waals surface area contributed by atoms with Crippen LogP contribution in [0.5, 0.6) is 0 Å². The number of fused-ring (bicyclic) bond motifs is 4. The Morgan fingerprint density at radius 2 is 1.61 bits per heavy atom. The summed E-state index contributed by atoms with van der Waals surface area (Å²) in [7, 11) is 0. The van der Waals surface area contributed by atoms with Gasteiger partial charge in [0.1, 0.15) is 0 Å². The summed E-state index contributed by atoms with van der Waals surface area (Å²) in [4.78, 5) is 16.9. The van der Waals surface area contributed by atoms with Crippen LogP contribution in [0, 0.1) is 0 Å². The lowest BCUT2D eigenvalue weighted by Gasteiger charge is -2.20. The molecule has 2 aliphatic rings. The highest BCUT2D eigenvalue weighted by Gasteiger charge is 2.22. The first-order valence-corrected chi connectivity index (χ1v) is 7.39. The van der Waals surface area contributed by atoms with Crippen LogP contribution in [-0.2, 0) is 19.3 Å². The van der Waals surface area contributed by atoms with Crippen LogP contribution in [0.2, 0.25) is 0 Å². The zero-order valence-corrected chi connectivity index (χ0v) is 11.0. The number of nitrogens with zero attached hydrogens (tertiary/aromatic N) is 1. The normalized spacial score (nSPS) is 20.3. The molecule has 0 aromatic carbocycles. The van der Waals surface area contributed by atoms with Crippen LogP contribution in [0.4, 0.5) is 0 Å². The van der Waals surface area contributed by atoms with E-state index in [1.54, 1.807) is 0 Å². The number of aryl methyl sites for hydroxylation is 3. The first-order chi connectivity index (χ1) is 8.84. The number of ketones is 1. The van der Waals surface area contributed by atoms with Crippen molar-refractivity contribution in [2.45, 2.75) is 64.2 Å². The first-order valence-electron chi connectivity index (χ1n) is 7.39. The third-order valence-corrected chi connectivity index (χ3v) is 4.20. The molecule has 0 fully saturated rings. The molecular weight excluding hydrogens is 222 g/mol. The van der Waals surface area contributed by atoms with Gasteiger partial charge in [0.25, 0.3) is 0 Å². The molecule has 2 bridgehead atoms.